The number of esters is 3. The first-order valence-electron chi connectivity index (χ1n) is 32.8. The third-order valence-corrected chi connectivity index (χ3v) is 14.9. The average molecular weight is 1030 g/mol. The van der Waals surface area contributed by atoms with E-state index in [9.17, 15) is 14.4 Å². The molecule has 0 aromatic carbocycles. The molecule has 0 radical (unpaired) electrons. The second-order valence-corrected chi connectivity index (χ2v) is 22.4. The molecule has 0 amide bonds. The first-order valence-corrected chi connectivity index (χ1v) is 32.8. The van der Waals surface area contributed by atoms with Gasteiger partial charge in [0.15, 0.2) is 6.10 Å². The summed E-state index contributed by atoms with van der Waals surface area (Å²) in [5.74, 6) is -0.847. The van der Waals surface area contributed by atoms with Gasteiger partial charge in [-0.3, -0.25) is 14.4 Å². The van der Waals surface area contributed by atoms with Crippen LogP contribution in [0.25, 0.3) is 0 Å². The highest BCUT2D eigenvalue weighted by molar-refractivity contribution is 5.71. The van der Waals surface area contributed by atoms with E-state index in [4.69, 9.17) is 14.2 Å². The number of carbonyl (C=O) groups is 3. The van der Waals surface area contributed by atoms with Gasteiger partial charge in [-0.2, -0.15) is 0 Å². The van der Waals surface area contributed by atoms with Crippen LogP contribution in [0.3, 0.4) is 0 Å². The van der Waals surface area contributed by atoms with Gasteiger partial charge >= 0.3 is 17.9 Å². The highest BCUT2D eigenvalue weighted by Crippen LogP contribution is 2.18. The normalized spacial score (nSPS) is 12.1. The van der Waals surface area contributed by atoms with Gasteiger partial charge in [0.25, 0.3) is 0 Å². The molecule has 0 aliphatic rings. The zero-order valence-electron chi connectivity index (χ0n) is 49.4. The summed E-state index contributed by atoms with van der Waals surface area (Å²) in [6, 6.07) is 0. The van der Waals surface area contributed by atoms with Crippen LogP contribution in [-0.2, 0) is 28.6 Å². The molecule has 0 aromatic heterocycles. The van der Waals surface area contributed by atoms with Gasteiger partial charge < -0.3 is 14.2 Å². The highest BCUT2D eigenvalue weighted by atomic mass is 16.6. The third kappa shape index (κ3) is 60.6. The molecule has 0 rings (SSSR count). The Hall–Kier alpha value is -2.11. The fraction of sp³-hybridized carbons (Fsp3) is 0.896. The lowest BCUT2D eigenvalue weighted by molar-refractivity contribution is -0.167. The summed E-state index contributed by atoms with van der Waals surface area (Å²) < 4.78 is 16.9. The predicted molar refractivity (Wildman–Crippen MR) is 316 cm³/mol. The summed E-state index contributed by atoms with van der Waals surface area (Å²) in [5, 5.41) is 0. The van der Waals surface area contributed by atoms with Crippen molar-refractivity contribution in [2.24, 2.45) is 0 Å². The molecular weight excluding hydrogens is 901 g/mol. The largest absolute Gasteiger partial charge is 0.462 e. The Labute approximate surface area is 455 Å². The van der Waals surface area contributed by atoms with Crippen molar-refractivity contribution >= 4 is 17.9 Å². The van der Waals surface area contributed by atoms with Gasteiger partial charge in [-0.05, 0) is 70.6 Å². The van der Waals surface area contributed by atoms with Gasteiger partial charge in [-0.25, -0.2) is 0 Å². The third-order valence-electron chi connectivity index (χ3n) is 14.9. The van der Waals surface area contributed by atoms with Crippen molar-refractivity contribution < 1.29 is 28.6 Å². The van der Waals surface area contributed by atoms with Crippen molar-refractivity contribution in [1.82, 2.24) is 0 Å². The minimum atomic E-state index is -0.769. The molecule has 6 nitrogen and oxygen atoms in total. The molecule has 0 aliphatic carbocycles. The molecule has 0 aliphatic heterocycles. The molecule has 0 spiro atoms. The predicted octanol–water partition coefficient (Wildman–Crippen LogP) is 22.2. The number of hydrogen-bond acceptors (Lipinski definition) is 6. The quantitative estimate of drug-likeness (QED) is 0.0261. The minimum Gasteiger partial charge on any atom is -0.462 e. The van der Waals surface area contributed by atoms with Crippen LogP contribution in [0.1, 0.15) is 367 Å². The zero-order valence-corrected chi connectivity index (χ0v) is 49.4. The second kappa shape index (κ2) is 62.4. The van der Waals surface area contributed by atoms with Crippen molar-refractivity contribution in [3.63, 3.8) is 0 Å². The van der Waals surface area contributed by atoms with Crippen LogP contribution < -0.4 is 0 Å². The highest BCUT2D eigenvalue weighted by Gasteiger charge is 2.19. The van der Waals surface area contributed by atoms with Crippen molar-refractivity contribution in [1.29, 1.82) is 0 Å². The summed E-state index contributed by atoms with van der Waals surface area (Å²) in [6.45, 7) is 6.69. The van der Waals surface area contributed by atoms with E-state index in [0.717, 1.165) is 57.8 Å². The molecule has 1 atom stereocenters. The van der Waals surface area contributed by atoms with Crippen LogP contribution >= 0.6 is 0 Å². The summed E-state index contributed by atoms with van der Waals surface area (Å²) in [4.78, 5) is 38.2. The van der Waals surface area contributed by atoms with E-state index in [0.29, 0.717) is 19.3 Å². The Balaban J connectivity index is 4.16. The Morgan fingerprint density at radius 2 is 0.452 bits per heavy atom. The van der Waals surface area contributed by atoms with E-state index < -0.39 is 6.10 Å². The van der Waals surface area contributed by atoms with Gasteiger partial charge in [0, 0.05) is 19.3 Å². The number of carbonyl (C=O) groups excluding carboxylic acids is 3. The number of rotatable bonds is 61. The van der Waals surface area contributed by atoms with Crippen LogP contribution in [0.15, 0.2) is 24.3 Å². The van der Waals surface area contributed by atoms with E-state index in [1.807, 2.05) is 0 Å². The maximum atomic E-state index is 12.9. The van der Waals surface area contributed by atoms with Crippen molar-refractivity contribution in [3.05, 3.63) is 24.3 Å². The number of hydrogen-bond donors (Lipinski definition) is 0. The van der Waals surface area contributed by atoms with E-state index >= 15 is 0 Å². The molecule has 0 saturated heterocycles. The molecule has 0 N–H and O–H groups in total. The van der Waals surface area contributed by atoms with Crippen LogP contribution in [0, 0.1) is 0 Å². The summed E-state index contributed by atoms with van der Waals surface area (Å²) >= 11 is 0. The first-order chi connectivity index (χ1) is 36.0. The van der Waals surface area contributed by atoms with Gasteiger partial charge in [-0.1, -0.05) is 302 Å². The molecule has 0 saturated carbocycles. The van der Waals surface area contributed by atoms with Crippen LogP contribution in [0.5, 0.6) is 0 Å². The number of allylic oxidation sites excluding steroid dienone is 4. The molecular formula is C67H126O6. The van der Waals surface area contributed by atoms with Gasteiger partial charge in [0.1, 0.15) is 13.2 Å². The molecule has 0 aromatic rings. The molecule has 6 heteroatoms. The molecule has 0 heterocycles. The average Bonchev–Trinajstić information content (AvgIpc) is 3.39. The Morgan fingerprint density at radius 3 is 0.685 bits per heavy atom. The van der Waals surface area contributed by atoms with Gasteiger partial charge in [0.2, 0.25) is 0 Å². The zero-order chi connectivity index (χ0) is 52.9. The molecule has 1 unspecified atom stereocenters. The van der Waals surface area contributed by atoms with E-state index in [1.165, 1.54) is 270 Å². The first kappa shape index (κ1) is 70.9. The number of unbranched alkanes of at least 4 members (excludes halogenated alkanes) is 46. The fourth-order valence-corrected chi connectivity index (χ4v) is 9.97. The molecule has 430 valence electrons. The monoisotopic (exact) mass is 1030 g/mol. The van der Waals surface area contributed by atoms with Gasteiger partial charge in [0.05, 0.1) is 0 Å². The van der Waals surface area contributed by atoms with Crippen molar-refractivity contribution in [3.8, 4) is 0 Å². The van der Waals surface area contributed by atoms with E-state index in [1.54, 1.807) is 0 Å². The SMILES string of the molecule is CCCCCCCC/C=C\CCCCCCCCCC(=O)OC(COC(=O)CCCCCCCCCCCCC)COC(=O)CCCCCCCCCCCCCCCCC/C=C\CCCCCCCCCC. The smallest absolute Gasteiger partial charge is 0.306 e. The second-order valence-electron chi connectivity index (χ2n) is 22.4. The molecule has 0 bridgehead atoms. The van der Waals surface area contributed by atoms with Crippen LogP contribution in [0.4, 0.5) is 0 Å². The molecule has 73 heavy (non-hydrogen) atoms. The maximum Gasteiger partial charge on any atom is 0.306 e. The Bertz CT molecular complexity index is 1180. The topological polar surface area (TPSA) is 78.9 Å². The summed E-state index contributed by atoms with van der Waals surface area (Å²) in [5.41, 5.74) is 0. The van der Waals surface area contributed by atoms with Crippen LogP contribution in [0.2, 0.25) is 0 Å². The van der Waals surface area contributed by atoms with E-state index in [-0.39, 0.29) is 31.1 Å². The summed E-state index contributed by atoms with van der Waals surface area (Å²) in [6.07, 6.45) is 74.8. The fourth-order valence-electron chi connectivity index (χ4n) is 9.97. The Kier molecular flexibility index (Phi) is 60.6. The lowest BCUT2D eigenvalue weighted by Gasteiger charge is -2.18. The minimum absolute atomic E-state index is 0.0676. The lowest BCUT2D eigenvalue weighted by atomic mass is 10.0. The van der Waals surface area contributed by atoms with Crippen LogP contribution in [-0.4, -0.2) is 37.2 Å². The standard InChI is InChI=1S/C67H126O6/c1-4-7-10-13-16-19-22-24-26-28-29-30-31-32-33-34-35-36-37-39-40-42-45-48-51-54-57-60-66(69)72-63-64(62-71-65(68)59-56-53-50-47-44-21-18-15-12-9-6-3)73-67(70)61-58-55-52-49-46-43-41-38-27-25-23-20-17-14-11-8-5-2/h25,27-29,64H,4-24,26,30-63H2,1-3H3/b27-25-,29-28-. The van der Waals surface area contributed by atoms with Gasteiger partial charge in [-0.15, -0.1) is 0 Å². The Morgan fingerprint density at radius 1 is 0.260 bits per heavy atom. The maximum absolute atomic E-state index is 12.9. The summed E-state index contributed by atoms with van der Waals surface area (Å²) in [7, 11) is 0. The van der Waals surface area contributed by atoms with Crippen molar-refractivity contribution in [2.45, 2.75) is 374 Å². The number of ether oxygens (including phenoxy) is 3. The van der Waals surface area contributed by atoms with E-state index in [2.05, 4.69) is 45.1 Å². The molecule has 0 fully saturated rings. The lowest BCUT2D eigenvalue weighted by Crippen LogP contribution is -2.30. The van der Waals surface area contributed by atoms with Crippen molar-refractivity contribution in [2.75, 3.05) is 13.2 Å².